The quantitative estimate of drug-likeness (QED) is 0.662. The van der Waals surface area contributed by atoms with Crippen LogP contribution >= 0.6 is 0 Å². The molecule has 2 saturated heterocycles. The van der Waals surface area contributed by atoms with Crippen molar-refractivity contribution in [3.63, 3.8) is 0 Å². The molecule has 0 N–H and O–H groups in total. The fourth-order valence-corrected chi connectivity index (χ4v) is 4.73. The minimum atomic E-state index is 0.202. The molecule has 8 heteroatoms. The summed E-state index contributed by atoms with van der Waals surface area (Å²) in [6.45, 7) is 6.68. The number of carbonyl (C=O) groups excluding carboxylic acids is 1. The molecule has 0 aliphatic carbocycles. The maximum Gasteiger partial charge on any atom is 0.219 e. The Morgan fingerprint density at radius 2 is 1.97 bits per heavy atom. The largest absolute Gasteiger partial charge is 0.343 e. The summed E-state index contributed by atoms with van der Waals surface area (Å²) >= 11 is 0. The number of carbonyl (C=O) groups is 1. The second-order valence-corrected chi connectivity index (χ2v) is 8.48. The number of likely N-dealkylation sites (tertiary alicyclic amines) is 2. The summed E-state index contributed by atoms with van der Waals surface area (Å²) in [4.78, 5) is 20.3. The van der Waals surface area contributed by atoms with Crippen LogP contribution < -0.4 is 0 Å². The van der Waals surface area contributed by atoms with E-state index >= 15 is 0 Å². The average molecular weight is 406 g/mol. The van der Waals surface area contributed by atoms with Crippen molar-refractivity contribution in [1.82, 2.24) is 34.6 Å². The molecule has 1 amide bonds. The number of amides is 1. The molecule has 0 bridgehead atoms. The van der Waals surface area contributed by atoms with E-state index in [0.29, 0.717) is 11.8 Å². The van der Waals surface area contributed by atoms with E-state index in [9.17, 15) is 4.79 Å². The Kier molecular flexibility index (Phi) is 5.16. The van der Waals surface area contributed by atoms with Crippen molar-refractivity contribution in [2.45, 2.75) is 32.1 Å². The number of piperidine rings is 1. The van der Waals surface area contributed by atoms with E-state index in [0.717, 1.165) is 74.7 Å². The number of fused-ring (bicyclic) bond motifs is 1. The summed E-state index contributed by atoms with van der Waals surface area (Å²) in [6, 6.07) is 7.88. The average Bonchev–Trinajstić information content (AvgIpc) is 3.42. The summed E-state index contributed by atoms with van der Waals surface area (Å²) < 4.78 is 1.91. The van der Waals surface area contributed by atoms with Crippen LogP contribution in [0.25, 0.3) is 16.9 Å². The molecule has 5 rings (SSSR count). The first kappa shape index (κ1) is 19.1. The minimum Gasteiger partial charge on any atom is -0.343 e. The lowest BCUT2D eigenvalue weighted by Crippen LogP contribution is -2.38. The fourth-order valence-electron chi connectivity index (χ4n) is 4.73. The molecule has 0 radical (unpaired) electrons. The zero-order valence-electron chi connectivity index (χ0n) is 17.3. The Hall–Kier alpha value is -2.87. The fraction of sp³-hybridized carbons (Fsp3) is 0.500. The normalized spacial score (nSPS) is 20.8. The van der Waals surface area contributed by atoms with Gasteiger partial charge in [-0.05, 0) is 62.5 Å². The van der Waals surface area contributed by atoms with Crippen LogP contribution in [0.4, 0.5) is 0 Å². The first-order valence-electron chi connectivity index (χ1n) is 10.8. The number of nitrogens with zero attached hydrogens (tertiary/aromatic N) is 7. The molecular weight excluding hydrogens is 378 g/mol. The van der Waals surface area contributed by atoms with Gasteiger partial charge in [-0.3, -0.25) is 9.78 Å². The van der Waals surface area contributed by atoms with Gasteiger partial charge in [0, 0.05) is 50.4 Å². The van der Waals surface area contributed by atoms with Crippen molar-refractivity contribution in [1.29, 1.82) is 0 Å². The van der Waals surface area contributed by atoms with Crippen molar-refractivity contribution in [2.75, 3.05) is 32.7 Å². The lowest BCUT2D eigenvalue weighted by molar-refractivity contribution is -0.127. The highest BCUT2D eigenvalue weighted by molar-refractivity contribution is 5.73. The van der Waals surface area contributed by atoms with Gasteiger partial charge in [0.15, 0.2) is 11.5 Å². The van der Waals surface area contributed by atoms with Crippen LogP contribution in [-0.2, 0) is 4.79 Å². The van der Waals surface area contributed by atoms with E-state index in [1.54, 1.807) is 13.1 Å². The molecule has 5 heterocycles. The Bertz CT molecular complexity index is 1030. The standard InChI is InChI=1S/C22H27N7O/c1-16(30)28-12-6-17(15-28)14-27-10-7-18(8-11-27)22-25-24-21-5-4-20(26-29(21)22)19-3-2-9-23-13-19/h2-5,9,13,17-18H,6-8,10-12,14-15H2,1H3. The van der Waals surface area contributed by atoms with Crippen molar-refractivity contribution < 1.29 is 4.79 Å². The van der Waals surface area contributed by atoms with Crippen LogP contribution in [0.1, 0.15) is 37.9 Å². The van der Waals surface area contributed by atoms with Gasteiger partial charge in [0.1, 0.15) is 0 Å². The van der Waals surface area contributed by atoms with Gasteiger partial charge < -0.3 is 9.80 Å². The highest BCUT2D eigenvalue weighted by atomic mass is 16.2. The zero-order chi connectivity index (χ0) is 20.5. The smallest absolute Gasteiger partial charge is 0.219 e. The predicted octanol–water partition coefficient (Wildman–Crippen LogP) is 2.23. The predicted molar refractivity (Wildman–Crippen MR) is 113 cm³/mol. The van der Waals surface area contributed by atoms with Crippen LogP contribution in [-0.4, -0.2) is 73.2 Å². The molecule has 0 saturated carbocycles. The molecule has 8 nitrogen and oxygen atoms in total. The van der Waals surface area contributed by atoms with E-state index in [1.807, 2.05) is 39.9 Å². The number of hydrogen-bond donors (Lipinski definition) is 0. The summed E-state index contributed by atoms with van der Waals surface area (Å²) in [5, 5.41) is 13.6. The molecule has 1 unspecified atom stereocenters. The molecule has 3 aromatic rings. The minimum absolute atomic E-state index is 0.202. The molecule has 1 atom stereocenters. The van der Waals surface area contributed by atoms with Crippen molar-refractivity contribution in [3.8, 4) is 11.3 Å². The van der Waals surface area contributed by atoms with Gasteiger partial charge in [-0.15, -0.1) is 10.2 Å². The van der Waals surface area contributed by atoms with E-state index in [1.165, 1.54) is 0 Å². The maximum absolute atomic E-state index is 11.6. The van der Waals surface area contributed by atoms with Gasteiger partial charge in [0.05, 0.1) is 5.69 Å². The van der Waals surface area contributed by atoms with Crippen LogP contribution in [0.2, 0.25) is 0 Å². The highest BCUT2D eigenvalue weighted by Crippen LogP contribution is 2.29. The first-order valence-corrected chi connectivity index (χ1v) is 10.8. The van der Waals surface area contributed by atoms with Gasteiger partial charge in [-0.1, -0.05) is 0 Å². The Labute approximate surface area is 175 Å². The molecule has 156 valence electrons. The van der Waals surface area contributed by atoms with Crippen LogP contribution in [0, 0.1) is 5.92 Å². The zero-order valence-corrected chi connectivity index (χ0v) is 17.3. The van der Waals surface area contributed by atoms with Crippen molar-refractivity contribution in [3.05, 3.63) is 42.5 Å². The number of aromatic nitrogens is 5. The summed E-state index contributed by atoms with van der Waals surface area (Å²) in [7, 11) is 0. The third kappa shape index (κ3) is 3.79. The van der Waals surface area contributed by atoms with Crippen LogP contribution in [0.15, 0.2) is 36.7 Å². The van der Waals surface area contributed by atoms with Crippen molar-refractivity contribution >= 4 is 11.6 Å². The third-order valence-electron chi connectivity index (χ3n) is 6.44. The van der Waals surface area contributed by atoms with E-state index in [2.05, 4.69) is 20.1 Å². The summed E-state index contributed by atoms with van der Waals surface area (Å²) in [5.41, 5.74) is 2.66. The van der Waals surface area contributed by atoms with Gasteiger partial charge in [-0.2, -0.15) is 9.61 Å². The highest BCUT2D eigenvalue weighted by Gasteiger charge is 2.29. The van der Waals surface area contributed by atoms with Crippen LogP contribution in [0.5, 0.6) is 0 Å². The van der Waals surface area contributed by atoms with E-state index in [4.69, 9.17) is 5.10 Å². The summed E-state index contributed by atoms with van der Waals surface area (Å²) in [5.74, 6) is 2.13. The number of hydrogen-bond acceptors (Lipinski definition) is 6. The molecule has 0 aromatic carbocycles. The van der Waals surface area contributed by atoms with Gasteiger partial charge >= 0.3 is 0 Å². The molecule has 2 fully saturated rings. The third-order valence-corrected chi connectivity index (χ3v) is 6.44. The Morgan fingerprint density at radius 3 is 2.70 bits per heavy atom. The molecule has 30 heavy (non-hydrogen) atoms. The molecule has 3 aromatic heterocycles. The second kappa shape index (κ2) is 8.10. The Morgan fingerprint density at radius 1 is 1.10 bits per heavy atom. The lowest BCUT2D eigenvalue weighted by Gasteiger charge is -2.32. The first-order chi connectivity index (χ1) is 14.7. The number of pyridine rings is 1. The lowest BCUT2D eigenvalue weighted by atomic mass is 9.95. The SMILES string of the molecule is CC(=O)N1CCC(CN2CCC(c3nnc4ccc(-c5cccnc5)nn34)CC2)C1. The number of rotatable bonds is 4. The van der Waals surface area contributed by atoms with E-state index < -0.39 is 0 Å². The topological polar surface area (TPSA) is 79.5 Å². The van der Waals surface area contributed by atoms with Gasteiger partial charge in [-0.25, -0.2) is 0 Å². The summed E-state index contributed by atoms with van der Waals surface area (Å²) in [6.07, 6.45) is 6.83. The van der Waals surface area contributed by atoms with E-state index in [-0.39, 0.29) is 5.91 Å². The molecule has 2 aliphatic rings. The second-order valence-electron chi connectivity index (χ2n) is 8.48. The molecular formula is C22H27N7O. The van der Waals surface area contributed by atoms with Gasteiger partial charge in [0.2, 0.25) is 5.91 Å². The maximum atomic E-state index is 11.6. The van der Waals surface area contributed by atoms with Gasteiger partial charge in [0.25, 0.3) is 0 Å². The van der Waals surface area contributed by atoms with Crippen molar-refractivity contribution in [2.24, 2.45) is 5.92 Å². The monoisotopic (exact) mass is 405 g/mol. The molecule has 2 aliphatic heterocycles. The Balaban J connectivity index is 1.25. The molecule has 0 spiro atoms. The van der Waals surface area contributed by atoms with Crippen LogP contribution in [0.3, 0.4) is 0 Å².